The van der Waals surface area contributed by atoms with E-state index in [1.54, 1.807) is 0 Å². The maximum atomic E-state index is 13.4. The molecule has 3 aliphatic rings. The molecule has 0 radical (unpaired) electrons. The molecule has 1 amide bonds. The summed E-state index contributed by atoms with van der Waals surface area (Å²) in [5.74, 6) is 1.27. The molecule has 1 atom stereocenters. The third-order valence-corrected chi connectivity index (χ3v) is 9.11. The molecular formula is C26H34N8OP+. The number of nitrogens with zero attached hydrogens (tertiary/aromatic N) is 7. The summed E-state index contributed by atoms with van der Waals surface area (Å²) in [6.45, 7) is 6.92. The van der Waals surface area contributed by atoms with Crippen molar-refractivity contribution in [3.63, 3.8) is 0 Å². The summed E-state index contributed by atoms with van der Waals surface area (Å²) in [5, 5.41) is 4.19. The molecule has 1 saturated carbocycles. The van der Waals surface area contributed by atoms with Crippen LogP contribution in [0.5, 0.6) is 0 Å². The Kier molecular flexibility index (Phi) is 5.92. The first-order chi connectivity index (χ1) is 17.4. The normalized spacial score (nSPS) is 20.6. The summed E-state index contributed by atoms with van der Waals surface area (Å²) >= 11 is 0. The lowest BCUT2D eigenvalue weighted by Gasteiger charge is -2.44. The lowest BCUT2D eigenvalue weighted by atomic mass is 9.80. The summed E-state index contributed by atoms with van der Waals surface area (Å²) in [7, 11) is 1.40. The summed E-state index contributed by atoms with van der Waals surface area (Å²) in [5.41, 5.74) is 2.56. The first-order valence-corrected chi connectivity index (χ1v) is 14.8. The molecular weight excluding hydrogens is 471 g/mol. The second kappa shape index (κ2) is 9.12. The van der Waals surface area contributed by atoms with Gasteiger partial charge in [0.25, 0.3) is 0 Å². The fraction of sp³-hybridized carbons (Fsp3) is 0.500. The van der Waals surface area contributed by atoms with Gasteiger partial charge in [0.2, 0.25) is 13.6 Å². The Morgan fingerprint density at radius 3 is 2.53 bits per heavy atom. The number of amides is 1. The number of piperazine rings is 1. The number of anilines is 3. The monoisotopic (exact) mass is 505 g/mol. The van der Waals surface area contributed by atoms with Gasteiger partial charge in [-0.15, -0.1) is 0 Å². The number of nitrogens with one attached hydrogen (secondary N) is 1. The fourth-order valence-corrected chi connectivity index (χ4v) is 6.85. The van der Waals surface area contributed by atoms with Crippen LogP contribution in [-0.2, 0) is 5.54 Å². The summed E-state index contributed by atoms with van der Waals surface area (Å²) in [6, 6.07) is 6.05. The van der Waals surface area contributed by atoms with Crippen LogP contribution >= 0.6 is 7.70 Å². The van der Waals surface area contributed by atoms with Crippen LogP contribution in [0.15, 0.2) is 30.6 Å². The van der Waals surface area contributed by atoms with Gasteiger partial charge in [0.15, 0.2) is 0 Å². The van der Waals surface area contributed by atoms with Gasteiger partial charge in [0, 0.05) is 37.8 Å². The smallest absolute Gasteiger partial charge is 0.307 e. The number of carbonyl (C=O) groups excluding carboxylic acids is 1. The summed E-state index contributed by atoms with van der Waals surface area (Å²) in [6.07, 6.45) is 13.6. The Labute approximate surface area is 213 Å². The van der Waals surface area contributed by atoms with E-state index in [-0.39, 0.29) is 11.4 Å². The zero-order chi connectivity index (χ0) is 24.9. The molecule has 1 saturated heterocycles. The Morgan fingerprint density at radius 1 is 1.06 bits per heavy atom. The highest BCUT2D eigenvalue weighted by Crippen LogP contribution is 2.45. The van der Waals surface area contributed by atoms with Crippen LogP contribution in [0, 0.1) is 0 Å². The topological polar surface area (TPSA) is 82.4 Å². The molecule has 9 nitrogen and oxygen atoms in total. The molecule has 36 heavy (non-hydrogen) atoms. The zero-order valence-corrected chi connectivity index (χ0v) is 22.0. The van der Waals surface area contributed by atoms with E-state index in [0.717, 1.165) is 68.0 Å². The minimum absolute atomic E-state index is 0.0588. The van der Waals surface area contributed by atoms with Gasteiger partial charge < -0.3 is 19.7 Å². The number of hydrogen-bond acceptors (Lipinski definition) is 7. The number of likely N-dealkylation sites (N-methyl/N-ethyl adjacent to an activating group) is 1. The summed E-state index contributed by atoms with van der Waals surface area (Å²) < 4.78 is 4.23. The molecule has 0 bridgehead atoms. The van der Waals surface area contributed by atoms with Crippen LogP contribution in [0.1, 0.15) is 42.6 Å². The van der Waals surface area contributed by atoms with Gasteiger partial charge in [0.1, 0.15) is 23.8 Å². The second-order valence-electron chi connectivity index (χ2n) is 10.5. The maximum Gasteiger partial charge on any atom is 0.307 e. The van der Waals surface area contributed by atoms with Gasteiger partial charge in [-0.3, -0.25) is 4.79 Å². The molecule has 2 aliphatic heterocycles. The minimum Gasteiger partial charge on any atom is -0.368 e. The van der Waals surface area contributed by atoms with Crippen molar-refractivity contribution in [1.29, 1.82) is 0 Å². The highest BCUT2D eigenvalue weighted by molar-refractivity contribution is 7.53. The number of rotatable bonds is 4. The number of fused-ring (bicyclic) bond motifs is 4. The van der Waals surface area contributed by atoms with Crippen molar-refractivity contribution < 1.29 is 4.79 Å². The molecule has 1 aliphatic carbocycles. The van der Waals surface area contributed by atoms with Crippen LogP contribution < -0.4 is 10.2 Å². The van der Waals surface area contributed by atoms with Crippen molar-refractivity contribution in [3.05, 3.63) is 36.3 Å². The predicted molar refractivity (Wildman–Crippen MR) is 147 cm³/mol. The van der Waals surface area contributed by atoms with Crippen LogP contribution in [0.3, 0.4) is 0 Å². The van der Waals surface area contributed by atoms with E-state index in [4.69, 9.17) is 4.98 Å². The van der Waals surface area contributed by atoms with E-state index < -0.39 is 7.70 Å². The molecule has 2 fully saturated rings. The van der Waals surface area contributed by atoms with E-state index in [0.29, 0.717) is 11.8 Å². The van der Waals surface area contributed by atoms with E-state index in [2.05, 4.69) is 55.7 Å². The van der Waals surface area contributed by atoms with Crippen LogP contribution in [0.2, 0.25) is 0 Å². The second-order valence-corrected chi connectivity index (χ2v) is 12.3. The molecule has 188 valence electrons. The quantitative estimate of drug-likeness (QED) is 0.539. The van der Waals surface area contributed by atoms with Crippen molar-refractivity contribution in [2.24, 2.45) is 0 Å². The largest absolute Gasteiger partial charge is 0.368 e. The lowest BCUT2D eigenvalue weighted by molar-refractivity contribution is 0.0675. The molecule has 0 aromatic carbocycles. The minimum atomic E-state index is -0.754. The van der Waals surface area contributed by atoms with E-state index >= 15 is 0 Å². The number of aromatic nitrogens is 4. The molecule has 3 aromatic heterocycles. The maximum absolute atomic E-state index is 13.4. The van der Waals surface area contributed by atoms with Crippen molar-refractivity contribution in [1.82, 2.24) is 29.1 Å². The van der Waals surface area contributed by atoms with Gasteiger partial charge in [-0.2, -0.15) is 9.65 Å². The highest BCUT2D eigenvalue weighted by Gasteiger charge is 2.48. The van der Waals surface area contributed by atoms with Gasteiger partial charge in [-0.25, -0.2) is 9.97 Å². The molecule has 1 spiro atoms. The molecule has 5 heterocycles. The average Bonchev–Trinajstić information content (AvgIpc) is 3.28. The highest BCUT2D eigenvalue weighted by atomic mass is 31.1. The molecule has 1 unspecified atom stereocenters. The Bertz CT molecular complexity index is 1310. The van der Waals surface area contributed by atoms with Gasteiger partial charge in [-0.1, -0.05) is 19.3 Å². The molecule has 1 N–H and O–H groups in total. The van der Waals surface area contributed by atoms with Crippen molar-refractivity contribution in [3.8, 4) is 0 Å². The number of pyridine rings is 1. The Balaban J connectivity index is 1.31. The van der Waals surface area contributed by atoms with Crippen molar-refractivity contribution in [2.75, 3.05) is 56.7 Å². The van der Waals surface area contributed by atoms with Crippen LogP contribution in [0.4, 0.5) is 17.5 Å². The van der Waals surface area contributed by atoms with Gasteiger partial charge >= 0.3 is 5.91 Å². The fourth-order valence-electron chi connectivity index (χ4n) is 5.93. The Hall–Kier alpha value is -3.03. The third kappa shape index (κ3) is 4.04. The SMILES string of the molecule is C=[P+](C)N1CC2(CCCCC2)n2c(cc3cnc(Nc4ccc(N5CCN(C)CC5)cn4)nc32)C1=O. The zero-order valence-electron chi connectivity index (χ0n) is 21.2. The summed E-state index contributed by atoms with van der Waals surface area (Å²) in [4.78, 5) is 32.2. The van der Waals surface area contributed by atoms with Crippen LogP contribution in [0.25, 0.3) is 11.0 Å². The number of hydrogen-bond donors (Lipinski definition) is 1. The van der Waals surface area contributed by atoms with E-state index in [9.17, 15) is 4.79 Å². The molecule has 10 heteroatoms. The average molecular weight is 506 g/mol. The van der Waals surface area contributed by atoms with Crippen LogP contribution in [-0.4, -0.2) is 87.7 Å². The molecule has 3 aromatic rings. The first kappa shape index (κ1) is 23.4. The lowest BCUT2D eigenvalue weighted by Crippen LogP contribution is -2.52. The first-order valence-electron chi connectivity index (χ1n) is 12.9. The van der Waals surface area contributed by atoms with Gasteiger partial charge in [0.05, 0.1) is 30.3 Å². The third-order valence-electron chi connectivity index (χ3n) is 7.97. The standard InChI is InChI=1S/C26H33N8OP/c1-31-11-13-32(14-12-31)20-7-8-22(27-17-20)29-25-28-16-19-15-21-24(35)33(36(2)3)18-26(9-5-4-6-10-26)34(21)23(19)30-25/h7-8,15-17H,2,4-6,9-14,18H2,1,3H3/p+1. The van der Waals surface area contributed by atoms with Crippen molar-refractivity contribution in [2.45, 2.75) is 37.6 Å². The molecule has 6 rings (SSSR count). The number of carbonyl (C=O) groups is 1. The predicted octanol–water partition coefficient (Wildman–Crippen LogP) is 3.90. The van der Waals surface area contributed by atoms with E-state index in [1.165, 1.54) is 19.3 Å². The van der Waals surface area contributed by atoms with Gasteiger partial charge in [-0.05, 0) is 38.1 Å². The Morgan fingerprint density at radius 2 is 1.83 bits per heavy atom. The van der Waals surface area contributed by atoms with Crippen molar-refractivity contribution >= 4 is 48.4 Å². The van der Waals surface area contributed by atoms with E-state index in [1.807, 2.05) is 29.2 Å².